The molecule has 1 rings (SSSR count). The van der Waals surface area contributed by atoms with Crippen molar-refractivity contribution < 1.29 is 17.7 Å². The minimum absolute atomic E-state index is 0.0256. The zero-order chi connectivity index (χ0) is 27.4. The van der Waals surface area contributed by atoms with Crippen molar-refractivity contribution in [2.45, 2.75) is 167 Å². The van der Waals surface area contributed by atoms with E-state index >= 15 is 0 Å². The smallest absolute Gasteiger partial charge is 0.294 e. The molecule has 1 aromatic carbocycles. The standard InChI is InChI=1S/C32H58O4S/c1-5-6-7-8-9-10-11-12-13-14-15-16-17-18-19-20-21-22-23-24-25-36-31-26-29(4)32(37(33,34)35)27-30(31)28(2)3/h26-28H,5-25H2,1-4H3,(H,33,34,35). The van der Waals surface area contributed by atoms with Gasteiger partial charge in [-0.3, -0.25) is 4.55 Å². The first-order chi connectivity index (χ1) is 17.8. The molecule has 0 aliphatic carbocycles. The van der Waals surface area contributed by atoms with E-state index in [1.807, 2.05) is 13.8 Å². The summed E-state index contributed by atoms with van der Waals surface area (Å²) >= 11 is 0. The summed E-state index contributed by atoms with van der Waals surface area (Å²) in [6.45, 7) is 8.63. The van der Waals surface area contributed by atoms with E-state index in [2.05, 4.69) is 6.92 Å². The number of unbranched alkanes of at least 4 members (excludes halogenated alkanes) is 19. The quantitative estimate of drug-likeness (QED) is 0.105. The first kappa shape index (κ1) is 34.0. The second kappa shape index (κ2) is 20.8. The van der Waals surface area contributed by atoms with Gasteiger partial charge in [0.15, 0.2) is 0 Å². The van der Waals surface area contributed by atoms with Gasteiger partial charge in [0.05, 0.1) is 11.5 Å². The van der Waals surface area contributed by atoms with Crippen LogP contribution >= 0.6 is 0 Å². The minimum Gasteiger partial charge on any atom is -0.493 e. The van der Waals surface area contributed by atoms with Gasteiger partial charge in [0.2, 0.25) is 0 Å². The fourth-order valence-electron chi connectivity index (χ4n) is 5.07. The Hall–Kier alpha value is -1.07. The largest absolute Gasteiger partial charge is 0.493 e. The Labute approximate surface area is 230 Å². The topological polar surface area (TPSA) is 63.6 Å². The highest BCUT2D eigenvalue weighted by Gasteiger charge is 2.19. The van der Waals surface area contributed by atoms with E-state index in [1.54, 1.807) is 19.1 Å². The summed E-state index contributed by atoms with van der Waals surface area (Å²) in [6, 6.07) is 3.30. The summed E-state index contributed by atoms with van der Waals surface area (Å²) < 4.78 is 38.7. The number of benzene rings is 1. The van der Waals surface area contributed by atoms with Gasteiger partial charge < -0.3 is 4.74 Å². The van der Waals surface area contributed by atoms with Crippen molar-refractivity contribution >= 4 is 10.1 Å². The third-order valence-corrected chi connectivity index (χ3v) is 8.46. The SMILES string of the molecule is CCCCCCCCCCCCCCCCCCCCCCOc1cc(C)c(S(=O)(=O)O)cc1C(C)C. The Bertz CT molecular complexity index is 801. The molecular formula is C32H58O4S. The predicted molar refractivity (Wildman–Crippen MR) is 159 cm³/mol. The Kier molecular flexibility index (Phi) is 19.1. The van der Waals surface area contributed by atoms with Crippen LogP contribution in [0.4, 0.5) is 0 Å². The summed E-state index contributed by atoms with van der Waals surface area (Å²) in [4.78, 5) is -0.0256. The van der Waals surface area contributed by atoms with Crippen molar-refractivity contribution in [1.29, 1.82) is 0 Å². The average Bonchev–Trinajstić information content (AvgIpc) is 2.84. The van der Waals surface area contributed by atoms with Gasteiger partial charge in [-0.05, 0) is 42.5 Å². The Morgan fingerprint density at radius 2 is 1.05 bits per heavy atom. The summed E-state index contributed by atoms with van der Waals surface area (Å²) in [5.74, 6) is 0.851. The van der Waals surface area contributed by atoms with Crippen molar-refractivity contribution in [1.82, 2.24) is 0 Å². The molecule has 37 heavy (non-hydrogen) atoms. The molecular weight excluding hydrogens is 480 g/mol. The summed E-state index contributed by atoms with van der Waals surface area (Å²) in [7, 11) is -4.22. The first-order valence-electron chi connectivity index (χ1n) is 15.5. The van der Waals surface area contributed by atoms with E-state index in [0.717, 1.165) is 24.2 Å². The molecule has 0 aromatic heterocycles. The van der Waals surface area contributed by atoms with Crippen molar-refractivity contribution in [3.63, 3.8) is 0 Å². The number of hydrogen-bond acceptors (Lipinski definition) is 3. The molecule has 0 spiro atoms. The maximum atomic E-state index is 11.6. The first-order valence-corrected chi connectivity index (χ1v) is 17.0. The molecule has 0 heterocycles. The summed E-state index contributed by atoms with van der Waals surface area (Å²) in [6.07, 6.45) is 27.4. The highest BCUT2D eigenvalue weighted by molar-refractivity contribution is 7.85. The molecule has 5 heteroatoms. The zero-order valence-electron chi connectivity index (χ0n) is 24.7. The molecule has 0 saturated heterocycles. The number of ether oxygens (including phenoxy) is 1. The molecule has 0 amide bonds. The van der Waals surface area contributed by atoms with Crippen molar-refractivity contribution in [2.75, 3.05) is 6.61 Å². The summed E-state index contributed by atoms with van der Waals surface area (Å²) in [5, 5.41) is 0. The molecule has 0 fully saturated rings. The van der Waals surface area contributed by atoms with E-state index in [0.29, 0.717) is 12.2 Å². The van der Waals surface area contributed by atoms with Crippen LogP contribution in [0.2, 0.25) is 0 Å². The monoisotopic (exact) mass is 538 g/mol. The van der Waals surface area contributed by atoms with E-state index in [-0.39, 0.29) is 10.8 Å². The second-order valence-corrected chi connectivity index (χ2v) is 12.7. The van der Waals surface area contributed by atoms with E-state index in [4.69, 9.17) is 4.74 Å². The molecule has 0 atom stereocenters. The molecule has 0 aliphatic heterocycles. The fourth-order valence-corrected chi connectivity index (χ4v) is 5.81. The van der Waals surface area contributed by atoms with E-state index in [1.165, 1.54) is 116 Å². The van der Waals surface area contributed by atoms with Crippen LogP contribution in [0.1, 0.15) is 166 Å². The molecule has 1 N–H and O–H groups in total. The third-order valence-electron chi connectivity index (χ3n) is 7.46. The zero-order valence-corrected chi connectivity index (χ0v) is 25.5. The van der Waals surface area contributed by atoms with Crippen molar-refractivity contribution in [2.24, 2.45) is 0 Å². The van der Waals surface area contributed by atoms with Gasteiger partial charge in [0, 0.05) is 0 Å². The van der Waals surface area contributed by atoms with Crippen molar-refractivity contribution in [3.05, 3.63) is 23.3 Å². The van der Waals surface area contributed by atoms with Crippen LogP contribution in [0.5, 0.6) is 5.75 Å². The highest BCUT2D eigenvalue weighted by atomic mass is 32.2. The molecule has 0 aliphatic rings. The minimum atomic E-state index is -4.22. The van der Waals surface area contributed by atoms with Gasteiger partial charge >= 0.3 is 0 Å². The lowest BCUT2D eigenvalue weighted by atomic mass is 10.0. The molecule has 216 valence electrons. The number of aryl methyl sites for hydroxylation is 1. The molecule has 0 radical (unpaired) electrons. The average molecular weight is 539 g/mol. The van der Waals surface area contributed by atoms with Crippen LogP contribution in [-0.4, -0.2) is 19.6 Å². The lowest BCUT2D eigenvalue weighted by molar-refractivity contribution is 0.300. The van der Waals surface area contributed by atoms with Crippen molar-refractivity contribution in [3.8, 4) is 5.75 Å². The van der Waals surface area contributed by atoms with Gasteiger partial charge in [0.1, 0.15) is 5.75 Å². The van der Waals surface area contributed by atoms with Gasteiger partial charge in [-0.15, -0.1) is 0 Å². The maximum Gasteiger partial charge on any atom is 0.294 e. The number of rotatable bonds is 24. The van der Waals surface area contributed by atoms with Gasteiger partial charge in [-0.25, -0.2) is 0 Å². The van der Waals surface area contributed by atoms with E-state index < -0.39 is 10.1 Å². The highest BCUT2D eigenvalue weighted by Crippen LogP contribution is 2.32. The van der Waals surface area contributed by atoms with Crippen LogP contribution in [0, 0.1) is 6.92 Å². The van der Waals surface area contributed by atoms with Gasteiger partial charge in [-0.1, -0.05) is 143 Å². The third kappa shape index (κ3) is 16.5. The maximum absolute atomic E-state index is 11.6. The fraction of sp³-hybridized carbons (Fsp3) is 0.812. The second-order valence-electron chi connectivity index (χ2n) is 11.4. The van der Waals surface area contributed by atoms with Crippen LogP contribution in [0.3, 0.4) is 0 Å². The Morgan fingerprint density at radius 3 is 1.41 bits per heavy atom. The lowest BCUT2D eigenvalue weighted by Gasteiger charge is -2.17. The Balaban J connectivity index is 1.98. The van der Waals surface area contributed by atoms with Crippen LogP contribution in [0.25, 0.3) is 0 Å². The van der Waals surface area contributed by atoms with Gasteiger partial charge in [0.25, 0.3) is 10.1 Å². The molecule has 4 nitrogen and oxygen atoms in total. The van der Waals surface area contributed by atoms with Crippen LogP contribution < -0.4 is 4.74 Å². The molecule has 0 unspecified atom stereocenters. The predicted octanol–water partition coefficient (Wildman–Crippen LogP) is 10.6. The summed E-state index contributed by atoms with van der Waals surface area (Å²) in [5.41, 5.74) is 1.34. The normalized spacial score (nSPS) is 11.9. The molecule has 0 bridgehead atoms. The van der Waals surface area contributed by atoms with E-state index in [9.17, 15) is 13.0 Å². The van der Waals surface area contributed by atoms with Crippen LogP contribution in [-0.2, 0) is 10.1 Å². The Morgan fingerprint density at radius 1 is 0.676 bits per heavy atom. The molecule has 1 aromatic rings. The lowest BCUT2D eigenvalue weighted by Crippen LogP contribution is -2.07. The van der Waals surface area contributed by atoms with Crippen LogP contribution in [0.15, 0.2) is 17.0 Å². The number of hydrogen-bond donors (Lipinski definition) is 1. The molecule has 0 saturated carbocycles. The van der Waals surface area contributed by atoms with Gasteiger partial charge in [-0.2, -0.15) is 8.42 Å².